The fourth-order valence-corrected chi connectivity index (χ4v) is 29.6. The first-order chi connectivity index (χ1) is 56.7. The molecule has 28 atom stereocenters. The van der Waals surface area contributed by atoms with Gasteiger partial charge in [0.05, 0.1) is 35.1 Å². The number of rotatable bonds is 4. The fraction of sp³-hybridized carbons (Fsp3) is 0.878. The molecule has 718 valence electrons. The molecule has 2 saturated heterocycles. The SMILES string of the molecule is C.C/C1=C\CCC(C)(C)/C=C/[C@H](C(C)C)CC1.C=C1C(C=O)CC[C@]2(C)CC[C@](O)(C(C)(C)C)[C@H]3O[C@]132.C=C1C(O)CC[C@]2(C)CC[C@](O)(C(C)(C)C)[C@H]3O[C@]132.C=C1CCCC2(C)CCC(C(C)(C)C)CC12.C=C1CCC[C@]2(C)CC[C@@H](C(C)(C)C)CC12.CC(C)(C)[C@@]1(O)CC[C@@]2(C)CCC(O)C(CC=O)C2[C@@H]1O.CC1CCC2C1C1C(CCC2(C)C)C1(C)C. The van der Waals surface area contributed by atoms with Crippen molar-refractivity contribution in [2.24, 2.45) is 153 Å². The number of carbonyl (C=O) groups excluding carboxylic acids is 2. The number of hydrogen-bond donors (Lipinski definition) is 6. The predicted molar refractivity (Wildman–Crippen MR) is 524 cm³/mol. The summed E-state index contributed by atoms with van der Waals surface area (Å²) < 4.78 is 12.2. The smallest absolute Gasteiger partial charge is 0.127 e. The number of ether oxygens (including phenoxy) is 2. The molecule has 2 aliphatic heterocycles. The first-order valence-corrected chi connectivity index (χ1v) is 51.2. The van der Waals surface area contributed by atoms with Gasteiger partial charge in [0, 0.05) is 23.2 Å². The van der Waals surface area contributed by atoms with Gasteiger partial charge in [-0.3, -0.25) is 0 Å². The molecule has 2 heterocycles. The van der Waals surface area contributed by atoms with Crippen LogP contribution in [-0.2, 0) is 19.1 Å². The zero-order valence-electron chi connectivity index (χ0n) is 85.8. The third-order valence-electron chi connectivity index (χ3n) is 40.2. The van der Waals surface area contributed by atoms with E-state index < -0.39 is 51.7 Å². The third-order valence-corrected chi connectivity index (χ3v) is 40.2. The lowest BCUT2D eigenvalue weighted by atomic mass is 9.48. The van der Waals surface area contributed by atoms with Crippen LogP contribution in [0.25, 0.3) is 0 Å². The summed E-state index contributed by atoms with van der Waals surface area (Å²) in [5.41, 5.74) is 5.42. The standard InChI is InChI=1S/C17H30O4.C17H26O3.C16H26O3.4C16H28.CH4/c1-15(2,3)17(21)9-8-16(4)7-5-12(19)11(6-10-18)13(16)14(17)20;1-11-12(10-18)6-7-15(5)8-9-16(19,14(2,3)4)13-17(11,15)20-13;1-10-11(17)6-7-14(5)8-9-15(18,13(2,3)4)12-16(10,14)19-12;1-10-6-7-11-13(10)14-12(16(14,4)5)8-9-15(11,2)3;2*1-12-7-6-9-16(5)10-8-13(11-14(12)16)15(2,3)4;1-13(2)15-9-8-14(3)7-6-11-16(4,5)12-10-15;/h10-14,19-21H,5-9H2,1-4H3;10,12-13,19H,1,6-9H2,2-5H3;11-12,17-18H,1,6-9H2,2-5H3;10-14H,6-9H2,1-5H3;2*13-14H,1,6-11H2,2-5H3;7,10,12-13,15H,6,8-9,11H2,1-5H3;1H4/b;;;;;;12-10+,14-7+;/t11?,12?,13?,14-,16+,17+;12?,13-,15-,16-,17-;11?,12-,14-,15-,16-;;13-,14?,16-;;15-;/m011.1.1./s1. The van der Waals surface area contributed by atoms with Gasteiger partial charge in [0.25, 0.3) is 0 Å². The second-order valence-corrected chi connectivity index (χ2v) is 54.5. The van der Waals surface area contributed by atoms with Crippen molar-refractivity contribution in [1.29, 1.82) is 0 Å². The number of epoxide rings is 2. The lowest BCUT2D eigenvalue weighted by Gasteiger charge is -2.60. The molecular weight excluding hydrogens is 1540 g/mol. The van der Waals surface area contributed by atoms with Crippen molar-refractivity contribution in [3.05, 3.63) is 72.4 Å². The van der Waals surface area contributed by atoms with E-state index in [1.54, 1.807) is 16.7 Å². The van der Waals surface area contributed by atoms with Crippen molar-refractivity contribution in [2.45, 2.75) is 486 Å². The van der Waals surface area contributed by atoms with Crippen LogP contribution in [0.5, 0.6) is 0 Å². The average molecular weight is 1740 g/mol. The number of allylic oxidation sites excluding steroid dienone is 6. The van der Waals surface area contributed by atoms with E-state index in [2.05, 4.69) is 231 Å². The summed E-state index contributed by atoms with van der Waals surface area (Å²) in [6, 6.07) is 0. The molecule has 0 aromatic carbocycles. The minimum absolute atomic E-state index is 0. The van der Waals surface area contributed by atoms with E-state index in [1.807, 2.05) is 20.8 Å². The molecule has 0 aromatic heterocycles. The Kier molecular flexibility index (Phi) is 31.6. The molecule has 6 N–H and O–H groups in total. The van der Waals surface area contributed by atoms with Gasteiger partial charge < -0.3 is 49.7 Å². The Bertz CT molecular complexity index is 3750. The van der Waals surface area contributed by atoms with Crippen molar-refractivity contribution in [3.63, 3.8) is 0 Å². The lowest BCUT2D eigenvalue weighted by molar-refractivity contribution is -0.237. The highest BCUT2D eigenvalue weighted by Crippen LogP contribution is 2.75. The van der Waals surface area contributed by atoms with E-state index in [0.717, 1.165) is 153 Å². The predicted octanol–water partition coefficient (Wildman–Crippen LogP) is 28.3. The first-order valence-electron chi connectivity index (χ1n) is 51.2. The second kappa shape index (κ2) is 37.3. The van der Waals surface area contributed by atoms with Crippen LogP contribution in [-0.4, -0.2) is 102 Å². The number of aldehydes is 2. The maximum Gasteiger partial charge on any atom is 0.127 e. The Morgan fingerprint density at radius 3 is 1.44 bits per heavy atom. The van der Waals surface area contributed by atoms with Crippen LogP contribution in [0.3, 0.4) is 0 Å². The molecule has 0 radical (unpaired) electrons. The maximum absolute atomic E-state index is 11.3. The Hall–Kier alpha value is -2.54. The molecule has 125 heavy (non-hydrogen) atoms. The molecule has 10 heteroatoms. The zero-order valence-corrected chi connectivity index (χ0v) is 85.8. The molecule has 2 spiro atoms. The van der Waals surface area contributed by atoms with Crippen LogP contribution in [0.15, 0.2) is 72.4 Å². The van der Waals surface area contributed by atoms with Gasteiger partial charge in [-0.15, -0.1) is 0 Å². The van der Waals surface area contributed by atoms with Crippen molar-refractivity contribution in [2.75, 3.05) is 0 Å². The van der Waals surface area contributed by atoms with Gasteiger partial charge in [-0.25, -0.2) is 0 Å². The van der Waals surface area contributed by atoms with Crippen molar-refractivity contribution in [1.82, 2.24) is 0 Å². The Labute approximate surface area is 768 Å². The zero-order chi connectivity index (χ0) is 93.1. The minimum Gasteiger partial charge on any atom is -0.393 e. The van der Waals surface area contributed by atoms with Crippen LogP contribution >= 0.6 is 0 Å². The number of carbonyl (C=O) groups is 2. The molecule has 0 amide bonds. The van der Waals surface area contributed by atoms with E-state index in [4.69, 9.17) is 9.47 Å². The van der Waals surface area contributed by atoms with E-state index in [1.165, 1.54) is 128 Å². The van der Waals surface area contributed by atoms with Gasteiger partial charge in [0.2, 0.25) is 0 Å². The molecule has 10 nitrogen and oxygen atoms in total. The molecule has 13 saturated carbocycles. The molecule has 16 rings (SSSR count). The summed E-state index contributed by atoms with van der Waals surface area (Å²) in [5, 5.41) is 64.8. The monoisotopic (exact) mass is 1740 g/mol. The van der Waals surface area contributed by atoms with E-state index in [9.17, 15) is 40.2 Å². The van der Waals surface area contributed by atoms with Gasteiger partial charge in [0.15, 0.2) is 0 Å². The number of hydrogen-bond acceptors (Lipinski definition) is 10. The van der Waals surface area contributed by atoms with Crippen LogP contribution in [0.4, 0.5) is 0 Å². The quantitative estimate of drug-likeness (QED) is 0.0901. The third kappa shape index (κ3) is 20.4. The molecule has 16 aliphatic rings. The summed E-state index contributed by atoms with van der Waals surface area (Å²) in [5.74, 6) is 9.55. The molecule has 15 fully saturated rings. The first kappa shape index (κ1) is 106. The highest BCUT2D eigenvalue weighted by Gasteiger charge is 2.81. The van der Waals surface area contributed by atoms with E-state index in [0.29, 0.717) is 50.7 Å². The molecule has 0 bridgehead atoms. The fourth-order valence-electron chi connectivity index (χ4n) is 29.6. The Balaban J connectivity index is 0.000000165. The number of fused-ring (bicyclic) bond motifs is 6. The summed E-state index contributed by atoms with van der Waals surface area (Å²) in [6.45, 7) is 85.6. The molecule has 14 aliphatic carbocycles. The largest absolute Gasteiger partial charge is 0.393 e. The molecular formula is C115H198O10. The minimum atomic E-state index is -1.17. The van der Waals surface area contributed by atoms with Gasteiger partial charge in [-0.05, 0) is 354 Å². The van der Waals surface area contributed by atoms with Crippen LogP contribution in [0.1, 0.15) is 427 Å². The van der Waals surface area contributed by atoms with Gasteiger partial charge in [-0.1, -0.05) is 276 Å². The maximum atomic E-state index is 11.3. The lowest BCUT2D eigenvalue weighted by Crippen LogP contribution is -2.65. The Morgan fingerprint density at radius 1 is 0.504 bits per heavy atom. The average Bonchev–Trinajstić information content (AvgIpc) is 1.49. The second-order valence-electron chi connectivity index (χ2n) is 54.5. The highest BCUT2D eigenvalue weighted by atomic mass is 16.6. The van der Waals surface area contributed by atoms with Crippen molar-refractivity contribution < 1.29 is 49.7 Å². The van der Waals surface area contributed by atoms with Crippen LogP contribution in [0.2, 0.25) is 0 Å². The Morgan fingerprint density at radius 2 is 0.976 bits per heavy atom. The van der Waals surface area contributed by atoms with E-state index in [-0.39, 0.29) is 70.9 Å². The molecule has 14 unspecified atom stereocenters. The summed E-state index contributed by atoms with van der Waals surface area (Å²) in [4.78, 5) is 22.3. The van der Waals surface area contributed by atoms with Crippen LogP contribution < -0.4 is 0 Å². The highest BCUT2D eigenvalue weighted by molar-refractivity contribution is 5.63. The number of aliphatic hydroxyl groups excluding tert-OH is 3. The van der Waals surface area contributed by atoms with Gasteiger partial charge in [-0.2, -0.15) is 0 Å². The van der Waals surface area contributed by atoms with Crippen molar-refractivity contribution >= 4 is 12.6 Å². The summed E-state index contributed by atoms with van der Waals surface area (Å²) in [7, 11) is 0. The van der Waals surface area contributed by atoms with E-state index >= 15 is 0 Å². The van der Waals surface area contributed by atoms with Crippen molar-refractivity contribution in [3.8, 4) is 0 Å². The summed E-state index contributed by atoms with van der Waals surface area (Å²) >= 11 is 0. The van der Waals surface area contributed by atoms with Gasteiger partial charge >= 0.3 is 0 Å². The van der Waals surface area contributed by atoms with Crippen LogP contribution in [0, 0.1) is 153 Å². The molecule has 0 aromatic rings. The topological polar surface area (TPSA) is 181 Å². The summed E-state index contributed by atoms with van der Waals surface area (Å²) in [6.07, 6.45) is 44.8. The normalized spacial score (nSPS) is 45.6. The number of aliphatic hydroxyl groups is 6. The van der Waals surface area contributed by atoms with Gasteiger partial charge in [0.1, 0.15) is 36.0 Å².